The van der Waals surface area contributed by atoms with Gasteiger partial charge < -0.3 is 24.4 Å². The van der Waals surface area contributed by atoms with Gasteiger partial charge in [0.15, 0.2) is 0 Å². The maximum atomic E-state index is 14.7. The molecule has 2 unspecified atom stereocenters. The fourth-order valence-electron chi connectivity index (χ4n) is 7.15. The third kappa shape index (κ3) is 6.00. The fourth-order valence-corrected chi connectivity index (χ4v) is 7.15. The predicted octanol–water partition coefficient (Wildman–Crippen LogP) is 4.65. The van der Waals surface area contributed by atoms with E-state index in [1.165, 1.54) is 0 Å². The molecule has 224 valence electrons. The molecule has 1 aromatic rings. The molecule has 1 N–H and O–H groups in total. The number of aliphatic hydroxyl groups excluding tert-OH is 1. The number of hydrogen-bond acceptors (Lipinski definition) is 6. The van der Waals surface area contributed by atoms with Gasteiger partial charge in [-0.3, -0.25) is 14.4 Å². The van der Waals surface area contributed by atoms with Gasteiger partial charge in [-0.1, -0.05) is 43.2 Å². The average Bonchev–Trinajstić information content (AvgIpc) is 3.59. The van der Waals surface area contributed by atoms with Gasteiger partial charge in [0.1, 0.15) is 11.6 Å². The molecule has 5 atom stereocenters. The Labute approximate surface area is 244 Å². The van der Waals surface area contributed by atoms with E-state index in [1.807, 2.05) is 38.1 Å². The van der Waals surface area contributed by atoms with Crippen LogP contribution in [-0.4, -0.2) is 71.8 Å². The van der Waals surface area contributed by atoms with E-state index in [0.29, 0.717) is 45.4 Å². The monoisotopic (exact) mass is 566 g/mol. The number of benzene rings is 1. The Balaban J connectivity index is 1.66. The lowest BCUT2D eigenvalue weighted by atomic mass is 9.70. The van der Waals surface area contributed by atoms with Crippen molar-refractivity contribution < 1.29 is 29.0 Å². The molecule has 4 rings (SSSR count). The molecule has 2 amide bonds. The van der Waals surface area contributed by atoms with Crippen LogP contribution >= 0.6 is 0 Å². The average molecular weight is 567 g/mol. The first-order chi connectivity index (χ1) is 19.8. The molecule has 3 aliphatic rings. The van der Waals surface area contributed by atoms with Crippen LogP contribution in [0.3, 0.4) is 0 Å². The highest BCUT2D eigenvalue weighted by atomic mass is 16.6. The van der Waals surface area contributed by atoms with Crippen molar-refractivity contribution in [3.8, 4) is 0 Å². The van der Waals surface area contributed by atoms with E-state index in [9.17, 15) is 19.5 Å². The van der Waals surface area contributed by atoms with Crippen molar-refractivity contribution >= 4 is 23.5 Å². The van der Waals surface area contributed by atoms with E-state index < -0.39 is 35.6 Å². The Morgan fingerprint density at radius 2 is 1.85 bits per heavy atom. The Morgan fingerprint density at radius 1 is 1.12 bits per heavy atom. The number of rotatable bonds is 16. The fraction of sp³-hybridized carbons (Fsp3) is 0.606. The summed E-state index contributed by atoms with van der Waals surface area (Å²) in [5.74, 6) is -2.24. The number of ether oxygens (including phenoxy) is 2. The number of para-hydroxylation sites is 1. The maximum Gasteiger partial charge on any atom is 0.312 e. The molecule has 3 saturated heterocycles. The molecule has 41 heavy (non-hydrogen) atoms. The highest BCUT2D eigenvalue weighted by Crippen LogP contribution is 2.59. The zero-order chi connectivity index (χ0) is 29.6. The molecule has 3 aliphatic heterocycles. The molecule has 8 nitrogen and oxygen atoms in total. The van der Waals surface area contributed by atoms with Gasteiger partial charge >= 0.3 is 5.97 Å². The van der Waals surface area contributed by atoms with Crippen LogP contribution in [-0.2, 0) is 23.9 Å². The van der Waals surface area contributed by atoms with E-state index in [0.717, 1.165) is 48.9 Å². The number of carbonyl (C=O) groups is 3. The summed E-state index contributed by atoms with van der Waals surface area (Å²) in [4.78, 5) is 45.6. The van der Waals surface area contributed by atoms with Gasteiger partial charge in [-0.15, -0.1) is 13.2 Å². The van der Waals surface area contributed by atoms with Crippen LogP contribution < -0.4 is 4.90 Å². The molecular formula is C33H46N2O6. The van der Waals surface area contributed by atoms with Crippen molar-refractivity contribution in [1.82, 2.24) is 4.90 Å². The van der Waals surface area contributed by atoms with E-state index in [1.54, 1.807) is 15.9 Å². The summed E-state index contributed by atoms with van der Waals surface area (Å²) in [6.07, 6.45) is 9.81. The summed E-state index contributed by atoms with van der Waals surface area (Å²) < 4.78 is 12.2. The van der Waals surface area contributed by atoms with Crippen LogP contribution in [0.4, 0.5) is 5.69 Å². The van der Waals surface area contributed by atoms with E-state index in [-0.39, 0.29) is 18.4 Å². The van der Waals surface area contributed by atoms with Crippen molar-refractivity contribution in [3.63, 3.8) is 0 Å². The highest BCUT2D eigenvalue weighted by Gasteiger charge is 2.75. The number of amides is 2. The number of fused-ring (bicyclic) bond motifs is 1. The number of carbonyl (C=O) groups excluding carboxylic acids is 3. The second-order valence-electron chi connectivity index (χ2n) is 11.7. The molecule has 0 aromatic heterocycles. The summed E-state index contributed by atoms with van der Waals surface area (Å²) in [5.41, 5.74) is 1.68. The highest BCUT2D eigenvalue weighted by molar-refractivity contribution is 6.05. The molecule has 8 heteroatoms. The van der Waals surface area contributed by atoms with E-state index in [4.69, 9.17) is 9.47 Å². The van der Waals surface area contributed by atoms with Gasteiger partial charge in [-0.25, -0.2) is 0 Å². The maximum absolute atomic E-state index is 14.7. The standard InChI is InChI=1S/C33H46N2O6/c1-5-7-8-13-22-40-32(39)26-25-17-18-33(41-25)27(26)30(37)35(20-11-9-10-12-21-36)29(33)31(38)34(19-6-2)28-23(3)15-14-16-24(28)4/h5-6,14-16,25-27,29,36H,1-2,7-13,17-22H2,3-4H3/t25-,26+,27+,29?,33?/m1/s1. The van der Waals surface area contributed by atoms with Gasteiger partial charge in [-0.05, 0) is 69.9 Å². The number of aryl methyl sites for hydroxylation is 2. The quantitative estimate of drug-likeness (QED) is 0.178. The lowest BCUT2D eigenvalue weighted by Crippen LogP contribution is -2.56. The van der Waals surface area contributed by atoms with Gasteiger partial charge in [0.25, 0.3) is 5.91 Å². The third-order valence-corrected chi connectivity index (χ3v) is 8.95. The Kier molecular flexibility index (Phi) is 10.4. The molecule has 3 heterocycles. The summed E-state index contributed by atoms with van der Waals surface area (Å²) >= 11 is 0. The minimum atomic E-state index is -1.06. The van der Waals surface area contributed by atoms with Crippen LogP contribution in [0.2, 0.25) is 0 Å². The van der Waals surface area contributed by atoms with Crippen LogP contribution in [0.25, 0.3) is 0 Å². The number of anilines is 1. The first-order valence-electron chi connectivity index (χ1n) is 15.2. The number of allylic oxidation sites excluding steroid dienone is 1. The van der Waals surface area contributed by atoms with Crippen molar-refractivity contribution in [2.24, 2.45) is 11.8 Å². The largest absolute Gasteiger partial charge is 0.465 e. The van der Waals surface area contributed by atoms with Crippen LogP contribution in [0.15, 0.2) is 43.5 Å². The SMILES string of the molecule is C=CCCCCOC(=O)[C@@H]1[C@H]2C(=O)N(CCCCCCO)C(C(=O)N(CC=C)c3c(C)cccc3C)C23CC[C@H]1O3. The van der Waals surface area contributed by atoms with Crippen molar-refractivity contribution in [2.75, 3.05) is 31.2 Å². The number of hydrogen-bond donors (Lipinski definition) is 1. The van der Waals surface area contributed by atoms with Gasteiger partial charge in [0.05, 0.1) is 24.5 Å². The number of unbranched alkanes of at least 4 members (excludes halogenated alkanes) is 5. The van der Waals surface area contributed by atoms with Crippen molar-refractivity contribution in [3.05, 3.63) is 54.6 Å². The Morgan fingerprint density at radius 3 is 2.54 bits per heavy atom. The third-order valence-electron chi connectivity index (χ3n) is 8.95. The van der Waals surface area contributed by atoms with Crippen LogP contribution in [0.1, 0.15) is 68.9 Å². The van der Waals surface area contributed by atoms with E-state index in [2.05, 4.69) is 13.2 Å². The van der Waals surface area contributed by atoms with Crippen molar-refractivity contribution in [2.45, 2.75) is 89.4 Å². The summed E-state index contributed by atoms with van der Waals surface area (Å²) in [5, 5.41) is 9.18. The zero-order valence-corrected chi connectivity index (χ0v) is 24.7. The lowest BCUT2D eigenvalue weighted by molar-refractivity contribution is -0.155. The van der Waals surface area contributed by atoms with Gasteiger partial charge in [-0.2, -0.15) is 0 Å². The molecular weight excluding hydrogens is 520 g/mol. The second kappa shape index (κ2) is 13.8. The summed E-state index contributed by atoms with van der Waals surface area (Å²) in [7, 11) is 0. The van der Waals surface area contributed by atoms with Gasteiger partial charge in [0.2, 0.25) is 5.91 Å². The molecule has 2 bridgehead atoms. The number of nitrogens with zero attached hydrogens (tertiary/aromatic N) is 2. The predicted molar refractivity (Wildman–Crippen MR) is 158 cm³/mol. The summed E-state index contributed by atoms with van der Waals surface area (Å²) in [6, 6.07) is 5.08. The second-order valence-corrected chi connectivity index (χ2v) is 11.7. The number of aliphatic hydroxyl groups is 1. The molecule has 0 aliphatic carbocycles. The first kappa shape index (κ1) is 31.0. The minimum Gasteiger partial charge on any atom is -0.465 e. The number of esters is 1. The van der Waals surface area contributed by atoms with Crippen molar-refractivity contribution in [1.29, 1.82) is 0 Å². The first-order valence-corrected chi connectivity index (χ1v) is 15.2. The Hall–Kier alpha value is -2.97. The zero-order valence-electron chi connectivity index (χ0n) is 24.7. The topological polar surface area (TPSA) is 96.4 Å². The molecule has 0 saturated carbocycles. The Bertz CT molecular complexity index is 1110. The molecule has 0 radical (unpaired) electrons. The molecule has 1 aromatic carbocycles. The van der Waals surface area contributed by atoms with Crippen LogP contribution in [0.5, 0.6) is 0 Å². The minimum absolute atomic E-state index is 0.133. The smallest absolute Gasteiger partial charge is 0.312 e. The summed E-state index contributed by atoms with van der Waals surface area (Å²) in [6.45, 7) is 12.7. The lowest BCUT2D eigenvalue weighted by Gasteiger charge is -2.37. The van der Waals surface area contributed by atoms with Gasteiger partial charge in [0, 0.05) is 25.4 Å². The van der Waals surface area contributed by atoms with E-state index >= 15 is 0 Å². The van der Waals surface area contributed by atoms with Crippen LogP contribution in [0, 0.1) is 25.7 Å². The number of likely N-dealkylation sites (tertiary alicyclic amines) is 1. The molecule has 3 fully saturated rings. The normalized spacial score (nSPS) is 26.2. The molecule has 1 spiro atoms.